The minimum absolute atomic E-state index is 0.0128. The second-order valence-electron chi connectivity index (χ2n) is 4.11. The Morgan fingerprint density at radius 1 is 0.950 bits per heavy atom. The van der Waals surface area contributed by atoms with Crippen molar-refractivity contribution in [3.05, 3.63) is 0 Å². The molecule has 20 heavy (non-hydrogen) atoms. The van der Waals surface area contributed by atoms with Crippen molar-refractivity contribution in [1.29, 1.82) is 0 Å². The zero-order valence-electron chi connectivity index (χ0n) is 11.3. The van der Waals surface area contributed by atoms with Gasteiger partial charge in [0.1, 0.15) is 12.2 Å². The van der Waals surface area contributed by atoms with E-state index < -0.39 is 24.2 Å². The molecule has 0 aromatic rings. The fourth-order valence-corrected chi connectivity index (χ4v) is 1.25. The van der Waals surface area contributed by atoms with Crippen LogP contribution in [0.15, 0.2) is 0 Å². The quantitative estimate of drug-likeness (QED) is 0.214. The number of hydrogen-bond donors (Lipinski definition) is 6. The van der Waals surface area contributed by atoms with Crippen molar-refractivity contribution in [2.45, 2.75) is 18.2 Å². The normalized spacial score (nSPS) is 11.6. The summed E-state index contributed by atoms with van der Waals surface area (Å²) in [5, 5.41) is 38.0. The van der Waals surface area contributed by atoms with E-state index in [1.54, 1.807) is 0 Å². The Morgan fingerprint density at radius 2 is 1.35 bits per heavy atom. The standard InChI is InChI=1S/C11H24N2O7/c12-1-11(18)13-8(6-19-9(2-14)3-15)7-20-10(4-16)5-17/h8-10,14-17H,1-7,12H2,(H,13,18). The van der Waals surface area contributed by atoms with Crippen molar-refractivity contribution >= 4 is 5.91 Å². The Kier molecular flexibility index (Phi) is 11.5. The molecule has 0 rings (SSSR count). The smallest absolute Gasteiger partial charge is 0.234 e. The van der Waals surface area contributed by atoms with Crippen molar-refractivity contribution in [2.24, 2.45) is 5.73 Å². The summed E-state index contributed by atoms with van der Waals surface area (Å²) in [5.41, 5.74) is 5.18. The highest BCUT2D eigenvalue weighted by Crippen LogP contribution is 1.97. The summed E-state index contributed by atoms with van der Waals surface area (Å²) in [6.07, 6.45) is -1.50. The first-order valence-corrected chi connectivity index (χ1v) is 6.27. The van der Waals surface area contributed by atoms with E-state index in [1.807, 2.05) is 0 Å². The maximum absolute atomic E-state index is 11.2. The lowest BCUT2D eigenvalue weighted by Gasteiger charge is -2.23. The minimum Gasteiger partial charge on any atom is -0.394 e. The van der Waals surface area contributed by atoms with Gasteiger partial charge in [0.05, 0.1) is 52.2 Å². The number of hydrogen-bond acceptors (Lipinski definition) is 8. The lowest BCUT2D eigenvalue weighted by Crippen LogP contribution is -2.46. The third-order valence-corrected chi connectivity index (χ3v) is 2.43. The van der Waals surface area contributed by atoms with Gasteiger partial charge in [-0.15, -0.1) is 0 Å². The van der Waals surface area contributed by atoms with Crippen LogP contribution in [0.5, 0.6) is 0 Å². The summed E-state index contributed by atoms with van der Waals surface area (Å²) in [5.74, 6) is -0.420. The first-order chi connectivity index (χ1) is 9.60. The van der Waals surface area contributed by atoms with E-state index in [-0.39, 0.29) is 46.2 Å². The number of ether oxygens (including phenoxy) is 2. The highest BCUT2D eigenvalue weighted by molar-refractivity contribution is 5.78. The molecule has 0 spiro atoms. The van der Waals surface area contributed by atoms with Crippen molar-refractivity contribution in [1.82, 2.24) is 5.32 Å². The predicted molar refractivity (Wildman–Crippen MR) is 68.8 cm³/mol. The third kappa shape index (κ3) is 8.38. The van der Waals surface area contributed by atoms with Crippen molar-refractivity contribution in [3.8, 4) is 0 Å². The largest absolute Gasteiger partial charge is 0.394 e. The van der Waals surface area contributed by atoms with Crippen LogP contribution in [0.2, 0.25) is 0 Å². The number of nitrogens with one attached hydrogen (secondary N) is 1. The SMILES string of the molecule is NCC(=O)NC(COC(CO)CO)COC(CO)CO. The molecule has 9 nitrogen and oxygen atoms in total. The van der Waals surface area contributed by atoms with Crippen LogP contribution in [-0.2, 0) is 14.3 Å². The predicted octanol–water partition coefficient (Wildman–Crippen LogP) is -3.83. The molecule has 0 atom stereocenters. The van der Waals surface area contributed by atoms with Gasteiger partial charge in [-0.2, -0.15) is 0 Å². The number of carbonyl (C=O) groups is 1. The van der Waals surface area contributed by atoms with Gasteiger partial charge in [-0.25, -0.2) is 0 Å². The van der Waals surface area contributed by atoms with E-state index in [2.05, 4.69) is 5.32 Å². The zero-order valence-corrected chi connectivity index (χ0v) is 11.3. The van der Waals surface area contributed by atoms with E-state index in [4.69, 9.17) is 35.6 Å². The van der Waals surface area contributed by atoms with Gasteiger partial charge in [0.2, 0.25) is 5.91 Å². The summed E-state index contributed by atoms with van der Waals surface area (Å²) in [7, 11) is 0. The molecule has 0 heterocycles. The lowest BCUT2D eigenvalue weighted by atomic mass is 10.3. The Labute approximate surface area is 117 Å². The highest BCUT2D eigenvalue weighted by Gasteiger charge is 2.17. The summed E-state index contributed by atoms with van der Waals surface area (Å²) >= 11 is 0. The molecule has 9 heteroatoms. The molecule has 0 aliphatic heterocycles. The van der Waals surface area contributed by atoms with E-state index in [0.29, 0.717) is 0 Å². The number of carbonyl (C=O) groups excluding carboxylic acids is 1. The topological polar surface area (TPSA) is 154 Å². The van der Waals surface area contributed by atoms with Gasteiger partial charge >= 0.3 is 0 Å². The molecule has 0 aliphatic carbocycles. The van der Waals surface area contributed by atoms with Crippen LogP contribution in [0.1, 0.15) is 0 Å². The van der Waals surface area contributed by atoms with E-state index in [0.717, 1.165) is 0 Å². The van der Waals surface area contributed by atoms with E-state index in [9.17, 15) is 4.79 Å². The van der Waals surface area contributed by atoms with Gasteiger partial charge in [0.15, 0.2) is 0 Å². The second-order valence-corrected chi connectivity index (χ2v) is 4.11. The van der Waals surface area contributed by atoms with Gasteiger partial charge in [-0.1, -0.05) is 0 Å². The van der Waals surface area contributed by atoms with Crippen LogP contribution in [0, 0.1) is 0 Å². The molecule has 7 N–H and O–H groups in total. The Bertz CT molecular complexity index is 231. The molecule has 0 radical (unpaired) electrons. The monoisotopic (exact) mass is 296 g/mol. The molecule has 120 valence electrons. The molecule has 0 aromatic carbocycles. The number of aliphatic hydroxyl groups is 4. The average Bonchev–Trinajstić information content (AvgIpc) is 2.48. The maximum atomic E-state index is 11.2. The first kappa shape index (κ1) is 19.2. The van der Waals surface area contributed by atoms with Gasteiger partial charge in [0.25, 0.3) is 0 Å². The fourth-order valence-electron chi connectivity index (χ4n) is 1.25. The van der Waals surface area contributed by atoms with Crippen LogP contribution < -0.4 is 11.1 Å². The Balaban J connectivity index is 4.29. The van der Waals surface area contributed by atoms with E-state index >= 15 is 0 Å². The number of nitrogens with two attached hydrogens (primary N) is 1. The molecule has 0 aromatic heterocycles. The molecule has 1 amide bonds. The van der Waals surface area contributed by atoms with Crippen molar-refractivity contribution in [3.63, 3.8) is 0 Å². The van der Waals surface area contributed by atoms with Gasteiger partial charge < -0.3 is 41.0 Å². The minimum atomic E-state index is -0.751. The summed E-state index contributed by atoms with van der Waals surface area (Å²) in [6, 6.07) is -0.577. The maximum Gasteiger partial charge on any atom is 0.234 e. The van der Waals surface area contributed by atoms with E-state index in [1.165, 1.54) is 0 Å². The molecule has 0 fully saturated rings. The van der Waals surface area contributed by atoms with Crippen LogP contribution in [-0.4, -0.2) is 90.8 Å². The molecule has 0 saturated heterocycles. The third-order valence-electron chi connectivity index (χ3n) is 2.43. The number of aliphatic hydroxyl groups excluding tert-OH is 4. The zero-order chi connectivity index (χ0) is 15.4. The second kappa shape index (κ2) is 12.0. The van der Waals surface area contributed by atoms with Crippen LogP contribution in [0.4, 0.5) is 0 Å². The molecular formula is C11H24N2O7. The highest BCUT2D eigenvalue weighted by atomic mass is 16.5. The van der Waals surface area contributed by atoms with Crippen LogP contribution in [0.25, 0.3) is 0 Å². The molecule has 0 unspecified atom stereocenters. The summed E-state index contributed by atoms with van der Waals surface area (Å²) in [4.78, 5) is 11.2. The fraction of sp³-hybridized carbons (Fsp3) is 0.909. The molecule has 0 aliphatic rings. The lowest BCUT2D eigenvalue weighted by molar-refractivity contribution is -0.122. The molecule has 0 saturated carbocycles. The molecular weight excluding hydrogens is 272 g/mol. The average molecular weight is 296 g/mol. The molecule has 0 bridgehead atoms. The van der Waals surface area contributed by atoms with Gasteiger partial charge in [-0.05, 0) is 0 Å². The number of rotatable bonds is 12. The Morgan fingerprint density at radius 3 is 1.65 bits per heavy atom. The summed E-state index contributed by atoms with van der Waals surface area (Å²) < 4.78 is 10.4. The number of amides is 1. The van der Waals surface area contributed by atoms with Crippen molar-refractivity contribution in [2.75, 3.05) is 46.2 Å². The van der Waals surface area contributed by atoms with Crippen LogP contribution >= 0.6 is 0 Å². The van der Waals surface area contributed by atoms with Gasteiger partial charge in [-0.3, -0.25) is 4.79 Å². The summed E-state index contributed by atoms with van der Waals surface area (Å²) in [6.45, 7) is -1.66. The van der Waals surface area contributed by atoms with Crippen molar-refractivity contribution < 1.29 is 34.7 Å². The van der Waals surface area contributed by atoms with Crippen LogP contribution in [0.3, 0.4) is 0 Å². The van der Waals surface area contributed by atoms with Gasteiger partial charge in [0, 0.05) is 0 Å². The first-order valence-electron chi connectivity index (χ1n) is 6.27. The Hall–Kier alpha value is -0.810.